The number of thioether (sulfide) groups is 1. The van der Waals surface area contributed by atoms with Gasteiger partial charge in [0.25, 0.3) is 16.8 Å². The third-order valence-electron chi connectivity index (χ3n) is 5.56. The van der Waals surface area contributed by atoms with Gasteiger partial charge in [-0.15, -0.1) is 0 Å². The monoisotopic (exact) mass is 526 g/mol. The Morgan fingerprint density at radius 3 is 2.67 bits per heavy atom. The normalized spacial score (nSPS) is 14.8. The van der Waals surface area contributed by atoms with Gasteiger partial charge >= 0.3 is 0 Å². The van der Waals surface area contributed by atoms with Crippen LogP contribution < -0.4 is 4.74 Å². The van der Waals surface area contributed by atoms with Crippen molar-refractivity contribution in [2.75, 3.05) is 13.2 Å². The molecule has 0 atom stereocenters. The van der Waals surface area contributed by atoms with E-state index in [1.54, 1.807) is 12.1 Å². The summed E-state index contributed by atoms with van der Waals surface area (Å²) in [4.78, 5) is 37.3. The van der Waals surface area contributed by atoms with Gasteiger partial charge in [0.1, 0.15) is 23.9 Å². The van der Waals surface area contributed by atoms with Gasteiger partial charge in [-0.3, -0.25) is 24.6 Å². The van der Waals surface area contributed by atoms with Gasteiger partial charge in [0, 0.05) is 23.8 Å². The molecule has 0 radical (unpaired) electrons. The average molecular weight is 527 g/mol. The lowest BCUT2D eigenvalue weighted by atomic mass is 10.0. The molecule has 186 valence electrons. The van der Waals surface area contributed by atoms with Gasteiger partial charge in [0.2, 0.25) is 0 Å². The summed E-state index contributed by atoms with van der Waals surface area (Å²) in [5.41, 5.74) is 2.36. The van der Waals surface area contributed by atoms with E-state index >= 15 is 0 Å². The Morgan fingerprint density at radius 1 is 1.17 bits per heavy atom. The number of amides is 2. The Bertz CT molecular complexity index is 1380. The lowest BCUT2D eigenvalue weighted by molar-refractivity contribution is -0.384. The van der Waals surface area contributed by atoms with Gasteiger partial charge in [-0.1, -0.05) is 37.6 Å². The van der Waals surface area contributed by atoms with Crippen molar-refractivity contribution in [1.29, 1.82) is 0 Å². The van der Waals surface area contributed by atoms with Crippen molar-refractivity contribution in [3.05, 3.63) is 85.5 Å². The zero-order valence-corrected chi connectivity index (χ0v) is 21.4. The molecule has 0 unspecified atom stereocenters. The Hall–Kier alpha value is -3.56. The highest BCUT2D eigenvalue weighted by atomic mass is 35.5. The van der Waals surface area contributed by atoms with E-state index in [-0.39, 0.29) is 34.7 Å². The highest BCUT2D eigenvalue weighted by Gasteiger charge is 2.35. The largest absolute Gasteiger partial charge is 0.491 e. The summed E-state index contributed by atoms with van der Waals surface area (Å²) < 4.78 is 11.7. The zero-order valence-electron chi connectivity index (χ0n) is 19.8. The first-order valence-electron chi connectivity index (χ1n) is 11.2. The Kier molecular flexibility index (Phi) is 7.51. The number of nitro groups is 1. The maximum Gasteiger partial charge on any atom is 0.293 e. The third-order valence-corrected chi connectivity index (χ3v) is 6.80. The van der Waals surface area contributed by atoms with Crippen LogP contribution in [-0.2, 0) is 4.79 Å². The number of rotatable bonds is 8. The molecule has 2 aromatic carbocycles. The zero-order chi connectivity index (χ0) is 26.0. The molecular weight excluding hydrogens is 504 g/mol. The molecule has 8 nitrogen and oxygen atoms in total. The van der Waals surface area contributed by atoms with Gasteiger partial charge in [-0.2, -0.15) is 0 Å². The summed E-state index contributed by atoms with van der Waals surface area (Å²) in [5.74, 6) is 1.21. The molecule has 0 N–H and O–H groups in total. The van der Waals surface area contributed by atoms with Crippen LogP contribution in [0.2, 0.25) is 5.02 Å². The molecule has 0 aliphatic carbocycles. The van der Waals surface area contributed by atoms with E-state index in [1.807, 2.05) is 25.1 Å². The predicted octanol–water partition coefficient (Wildman–Crippen LogP) is 7.06. The minimum absolute atomic E-state index is 0.111. The van der Waals surface area contributed by atoms with Crippen molar-refractivity contribution in [1.82, 2.24) is 4.90 Å². The van der Waals surface area contributed by atoms with E-state index in [1.165, 1.54) is 24.3 Å². The van der Waals surface area contributed by atoms with Crippen LogP contribution in [0, 0.1) is 17.0 Å². The minimum Gasteiger partial charge on any atom is -0.491 e. The minimum atomic E-state index is -0.522. The number of carbonyl (C=O) groups is 2. The van der Waals surface area contributed by atoms with E-state index in [0.29, 0.717) is 17.1 Å². The molecule has 36 heavy (non-hydrogen) atoms. The number of carbonyl (C=O) groups excluding carboxylic acids is 2. The molecule has 1 fully saturated rings. The van der Waals surface area contributed by atoms with Crippen LogP contribution >= 0.6 is 23.4 Å². The molecule has 3 aromatic rings. The molecule has 2 heterocycles. The second-order valence-electron chi connectivity index (χ2n) is 8.50. The second kappa shape index (κ2) is 10.6. The van der Waals surface area contributed by atoms with Gasteiger partial charge < -0.3 is 9.15 Å². The molecule has 0 bridgehead atoms. The van der Waals surface area contributed by atoms with Crippen molar-refractivity contribution >= 4 is 46.3 Å². The van der Waals surface area contributed by atoms with Crippen molar-refractivity contribution in [2.24, 2.45) is 0 Å². The van der Waals surface area contributed by atoms with E-state index in [0.717, 1.165) is 33.5 Å². The summed E-state index contributed by atoms with van der Waals surface area (Å²) in [6.07, 6.45) is 1.47. The highest BCUT2D eigenvalue weighted by molar-refractivity contribution is 8.18. The van der Waals surface area contributed by atoms with E-state index in [9.17, 15) is 19.7 Å². The van der Waals surface area contributed by atoms with Crippen molar-refractivity contribution in [3.63, 3.8) is 0 Å². The number of non-ortho nitro benzene ring substituents is 1. The van der Waals surface area contributed by atoms with Crippen molar-refractivity contribution in [2.45, 2.75) is 26.7 Å². The first-order chi connectivity index (χ1) is 17.1. The molecule has 1 aliphatic heterocycles. The number of imide groups is 1. The predicted molar refractivity (Wildman–Crippen MR) is 139 cm³/mol. The van der Waals surface area contributed by atoms with Crippen LogP contribution in [0.4, 0.5) is 10.5 Å². The maximum absolute atomic E-state index is 12.9. The number of halogens is 1. The molecule has 4 rings (SSSR count). The molecule has 1 aromatic heterocycles. The molecule has 0 saturated carbocycles. The summed E-state index contributed by atoms with van der Waals surface area (Å²) >= 11 is 7.00. The van der Waals surface area contributed by atoms with Crippen LogP contribution in [0.25, 0.3) is 17.4 Å². The summed E-state index contributed by atoms with van der Waals surface area (Å²) in [5, 5.41) is 11.0. The Morgan fingerprint density at radius 2 is 1.94 bits per heavy atom. The number of furan rings is 1. The lowest BCUT2D eigenvalue weighted by Gasteiger charge is -2.17. The van der Waals surface area contributed by atoms with Gasteiger partial charge in [0.15, 0.2) is 0 Å². The van der Waals surface area contributed by atoms with Gasteiger partial charge in [-0.25, -0.2) is 0 Å². The standard InChI is InChI=1S/C26H23ClN2O6S/c1-15(2)19-7-4-16(3)12-23(19)34-11-10-28-25(30)24(36-26(28)31)14-18-6-9-22(35-18)20-13-17(29(32)33)5-8-21(20)27/h4-9,12-15H,10-11H2,1-3H3/b24-14-. The van der Waals surface area contributed by atoms with E-state index < -0.39 is 16.1 Å². The molecule has 1 aliphatic rings. The number of ether oxygens (including phenoxy) is 1. The molecule has 10 heteroatoms. The van der Waals surface area contributed by atoms with Crippen molar-refractivity contribution in [3.8, 4) is 17.1 Å². The molecule has 0 spiro atoms. The highest BCUT2D eigenvalue weighted by Crippen LogP contribution is 2.36. The molecule has 2 amide bonds. The van der Waals surface area contributed by atoms with Crippen LogP contribution in [-0.4, -0.2) is 34.1 Å². The number of nitro benzene ring substituents is 1. The maximum atomic E-state index is 12.9. The Balaban J connectivity index is 1.45. The number of nitrogens with zero attached hydrogens (tertiary/aromatic N) is 2. The molecular formula is C26H23ClN2O6S. The van der Waals surface area contributed by atoms with Crippen LogP contribution in [0.1, 0.15) is 36.7 Å². The first-order valence-corrected chi connectivity index (χ1v) is 12.4. The third kappa shape index (κ3) is 5.47. The van der Waals surface area contributed by atoms with Crippen molar-refractivity contribution < 1.29 is 23.7 Å². The SMILES string of the molecule is Cc1ccc(C(C)C)c(OCCN2C(=O)S/C(=C\c3ccc(-c4cc([N+](=O)[O-])ccc4Cl)o3)C2=O)c1. The van der Waals surface area contributed by atoms with E-state index in [4.69, 9.17) is 20.8 Å². The fourth-order valence-corrected chi connectivity index (χ4v) is 4.76. The first kappa shape index (κ1) is 25.5. The van der Waals surface area contributed by atoms with Crippen LogP contribution in [0.5, 0.6) is 5.75 Å². The summed E-state index contributed by atoms with van der Waals surface area (Å²) in [7, 11) is 0. The summed E-state index contributed by atoms with van der Waals surface area (Å²) in [6.45, 7) is 6.41. The fourth-order valence-electron chi connectivity index (χ4n) is 3.70. The number of hydrogen-bond acceptors (Lipinski definition) is 7. The van der Waals surface area contributed by atoms with Gasteiger partial charge in [-0.05, 0) is 60.0 Å². The van der Waals surface area contributed by atoms with Gasteiger partial charge in [0.05, 0.1) is 21.4 Å². The topological polar surface area (TPSA) is 103 Å². The van der Waals surface area contributed by atoms with E-state index in [2.05, 4.69) is 13.8 Å². The number of aryl methyl sites for hydroxylation is 1. The second-order valence-corrected chi connectivity index (χ2v) is 9.90. The van der Waals surface area contributed by atoms with Crippen LogP contribution in [0.15, 0.2) is 57.9 Å². The molecule has 1 saturated heterocycles. The Labute approximate surface area is 217 Å². The average Bonchev–Trinajstić information content (AvgIpc) is 3.39. The quantitative estimate of drug-likeness (QED) is 0.176. The van der Waals surface area contributed by atoms with Crippen LogP contribution in [0.3, 0.4) is 0 Å². The lowest BCUT2D eigenvalue weighted by Crippen LogP contribution is -2.32. The summed E-state index contributed by atoms with van der Waals surface area (Å²) in [6, 6.07) is 13.2. The smallest absolute Gasteiger partial charge is 0.293 e. The number of hydrogen-bond donors (Lipinski definition) is 0. The number of benzene rings is 2. The fraction of sp³-hybridized carbons (Fsp3) is 0.231.